The molecule has 0 aromatic carbocycles. The van der Waals surface area contributed by atoms with E-state index in [2.05, 4.69) is 45.5 Å². The molecule has 0 aliphatic carbocycles. The molecule has 1 aliphatic heterocycles. The Kier molecular flexibility index (Phi) is 4.10. The molecule has 0 amide bonds. The molecule has 1 fully saturated rings. The van der Waals surface area contributed by atoms with Gasteiger partial charge in [-0.05, 0) is 32.3 Å². The largest absolute Gasteiger partial charge is 0.364 e. The van der Waals surface area contributed by atoms with E-state index in [0.29, 0.717) is 6.54 Å². The van der Waals surface area contributed by atoms with Gasteiger partial charge in [-0.25, -0.2) is 4.98 Å². The van der Waals surface area contributed by atoms with Gasteiger partial charge in [-0.15, -0.1) is 11.3 Å². The molecule has 0 radical (unpaired) electrons. The molecule has 3 aromatic rings. The number of hydrogen-bond acceptors (Lipinski definition) is 6. The van der Waals surface area contributed by atoms with E-state index < -0.39 is 0 Å². The fraction of sp³-hybridized carbons (Fsp3) is 0.471. The summed E-state index contributed by atoms with van der Waals surface area (Å²) in [5, 5.41) is 7.80. The first-order valence-electron chi connectivity index (χ1n) is 8.52. The van der Waals surface area contributed by atoms with Gasteiger partial charge in [0.2, 0.25) is 5.95 Å². The molecule has 1 saturated heterocycles. The van der Waals surface area contributed by atoms with Crippen molar-refractivity contribution in [1.82, 2.24) is 19.9 Å². The summed E-state index contributed by atoms with van der Waals surface area (Å²) < 4.78 is 0. The van der Waals surface area contributed by atoms with Gasteiger partial charge in [0.1, 0.15) is 11.5 Å². The minimum Gasteiger partial charge on any atom is -0.364 e. The molecule has 7 heteroatoms. The summed E-state index contributed by atoms with van der Waals surface area (Å²) in [6.07, 6.45) is 3.41. The highest BCUT2D eigenvalue weighted by atomic mass is 32.1. The summed E-state index contributed by atoms with van der Waals surface area (Å²) in [5.41, 5.74) is 3.07. The maximum absolute atomic E-state index is 4.80. The Morgan fingerprint density at radius 3 is 2.83 bits per heavy atom. The molecule has 4 heterocycles. The third kappa shape index (κ3) is 2.96. The van der Waals surface area contributed by atoms with Crippen molar-refractivity contribution in [3.63, 3.8) is 0 Å². The van der Waals surface area contributed by atoms with E-state index >= 15 is 0 Å². The maximum Gasteiger partial charge on any atom is 0.229 e. The second-order valence-electron chi connectivity index (χ2n) is 6.22. The first-order chi connectivity index (χ1) is 11.7. The first kappa shape index (κ1) is 15.4. The number of aryl methyl sites for hydroxylation is 2. The number of nitrogens with one attached hydrogen (secondary N) is 2. The third-order valence-corrected chi connectivity index (χ3v) is 5.38. The average Bonchev–Trinajstić information content (AvgIpc) is 3.31. The third-order valence-electron chi connectivity index (χ3n) is 4.34. The zero-order valence-corrected chi connectivity index (χ0v) is 14.9. The minimum absolute atomic E-state index is 0.687. The lowest BCUT2D eigenvalue weighted by Crippen LogP contribution is -2.21. The number of anilines is 2. The maximum atomic E-state index is 4.80. The van der Waals surface area contributed by atoms with E-state index in [1.165, 1.54) is 17.8 Å². The molecule has 0 unspecified atom stereocenters. The van der Waals surface area contributed by atoms with Gasteiger partial charge in [-0.2, -0.15) is 9.97 Å². The van der Waals surface area contributed by atoms with Crippen molar-refractivity contribution < 1.29 is 0 Å². The summed E-state index contributed by atoms with van der Waals surface area (Å²) in [4.78, 5) is 19.7. The van der Waals surface area contributed by atoms with Crippen LogP contribution in [0.2, 0.25) is 0 Å². The molecule has 24 heavy (non-hydrogen) atoms. The summed E-state index contributed by atoms with van der Waals surface area (Å²) >= 11 is 1.72. The van der Waals surface area contributed by atoms with Gasteiger partial charge >= 0.3 is 0 Å². The first-order valence-corrected chi connectivity index (χ1v) is 9.40. The molecule has 6 nitrogen and oxygen atoms in total. The number of rotatable bonds is 5. The molecule has 2 N–H and O–H groups in total. The van der Waals surface area contributed by atoms with E-state index in [-0.39, 0.29) is 0 Å². The molecule has 1 aliphatic rings. The highest BCUT2D eigenvalue weighted by Gasteiger charge is 2.18. The van der Waals surface area contributed by atoms with E-state index in [0.717, 1.165) is 53.7 Å². The number of aromatic amines is 1. The van der Waals surface area contributed by atoms with Crippen LogP contribution in [0, 0.1) is 6.92 Å². The molecular formula is C17H22N6S. The normalized spacial score (nSPS) is 14.7. The second-order valence-corrected chi connectivity index (χ2v) is 7.16. The van der Waals surface area contributed by atoms with Crippen LogP contribution in [0.25, 0.3) is 11.0 Å². The van der Waals surface area contributed by atoms with Crippen LogP contribution < -0.4 is 10.2 Å². The van der Waals surface area contributed by atoms with E-state index in [9.17, 15) is 0 Å². The zero-order chi connectivity index (χ0) is 16.5. The smallest absolute Gasteiger partial charge is 0.229 e. The standard InChI is InChI=1S/C17H22N6S/c1-3-14-20-12(10-24-14)9-18-15-13-8-11(2)19-16(13)22-17(21-15)23-6-4-5-7-23/h8,10H,3-7,9H2,1-2H3,(H2,18,19,21,22). The van der Waals surface area contributed by atoms with Crippen LogP contribution in [0.4, 0.5) is 11.8 Å². The number of aromatic nitrogens is 4. The van der Waals surface area contributed by atoms with Crippen LogP contribution in [0.3, 0.4) is 0 Å². The van der Waals surface area contributed by atoms with Crippen molar-refractivity contribution in [2.75, 3.05) is 23.3 Å². The van der Waals surface area contributed by atoms with Gasteiger partial charge in [0.25, 0.3) is 0 Å². The van der Waals surface area contributed by atoms with Gasteiger partial charge < -0.3 is 15.2 Å². The quantitative estimate of drug-likeness (QED) is 0.743. The van der Waals surface area contributed by atoms with Crippen LogP contribution in [0.5, 0.6) is 0 Å². The number of nitrogens with zero attached hydrogens (tertiary/aromatic N) is 4. The Labute approximate surface area is 145 Å². The van der Waals surface area contributed by atoms with Crippen molar-refractivity contribution in [3.8, 4) is 0 Å². The topological polar surface area (TPSA) is 69.7 Å². The van der Waals surface area contributed by atoms with Gasteiger partial charge in [0.15, 0.2) is 0 Å². The fourth-order valence-electron chi connectivity index (χ4n) is 3.09. The summed E-state index contributed by atoms with van der Waals surface area (Å²) in [6, 6.07) is 2.10. The lowest BCUT2D eigenvalue weighted by atomic mass is 10.3. The zero-order valence-electron chi connectivity index (χ0n) is 14.1. The predicted octanol–water partition coefficient (Wildman–Crippen LogP) is 3.50. The lowest BCUT2D eigenvalue weighted by molar-refractivity contribution is 0.902. The Morgan fingerprint density at radius 2 is 2.08 bits per heavy atom. The van der Waals surface area contributed by atoms with Gasteiger partial charge in [-0.3, -0.25) is 0 Å². The van der Waals surface area contributed by atoms with Crippen LogP contribution in [-0.4, -0.2) is 33.0 Å². The number of H-pyrrole nitrogens is 1. The highest BCUT2D eigenvalue weighted by molar-refractivity contribution is 7.09. The Hall–Kier alpha value is -2.15. The van der Waals surface area contributed by atoms with Crippen LogP contribution in [0.15, 0.2) is 11.4 Å². The number of thiazole rings is 1. The van der Waals surface area contributed by atoms with Crippen LogP contribution in [-0.2, 0) is 13.0 Å². The number of fused-ring (bicyclic) bond motifs is 1. The van der Waals surface area contributed by atoms with Crippen LogP contribution in [0.1, 0.15) is 36.2 Å². The van der Waals surface area contributed by atoms with Gasteiger partial charge in [0.05, 0.1) is 22.6 Å². The molecular weight excluding hydrogens is 320 g/mol. The molecule has 126 valence electrons. The summed E-state index contributed by atoms with van der Waals surface area (Å²) in [7, 11) is 0. The van der Waals surface area contributed by atoms with Gasteiger partial charge in [-0.1, -0.05) is 6.92 Å². The van der Waals surface area contributed by atoms with Crippen molar-refractivity contribution in [2.45, 2.75) is 39.7 Å². The average molecular weight is 342 g/mol. The Morgan fingerprint density at radius 1 is 1.25 bits per heavy atom. The van der Waals surface area contributed by atoms with E-state index in [4.69, 9.17) is 9.97 Å². The fourth-order valence-corrected chi connectivity index (χ4v) is 3.83. The summed E-state index contributed by atoms with van der Waals surface area (Å²) in [6.45, 7) is 6.95. The number of hydrogen-bond donors (Lipinski definition) is 2. The van der Waals surface area contributed by atoms with E-state index in [1.54, 1.807) is 11.3 Å². The molecule has 0 spiro atoms. The molecule has 3 aromatic heterocycles. The molecule has 0 atom stereocenters. The van der Waals surface area contributed by atoms with Crippen molar-refractivity contribution in [1.29, 1.82) is 0 Å². The Balaban J connectivity index is 1.64. The molecule has 4 rings (SSSR count). The van der Waals surface area contributed by atoms with Crippen molar-refractivity contribution in [3.05, 3.63) is 27.8 Å². The molecule has 0 bridgehead atoms. The van der Waals surface area contributed by atoms with Crippen molar-refractivity contribution in [2.24, 2.45) is 0 Å². The monoisotopic (exact) mass is 342 g/mol. The van der Waals surface area contributed by atoms with E-state index in [1.807, 2.05) is 0 Å². The SMILES string of the molecule is CCc1nc(CNc2nc(N3CCCC3)nc3[nH]c(C)cc23)cs1. The minimum atomic E-state index is 0.687. The molecule has 0 saturated carbocycles. The predicted molar refractivity (Wildman–Crippen MR) is 98.9 cm³/mol. The summed E-state index contributed by atoms with van der Waals surface area (Å²) in [5.74, 6) is 1.70. The van der Waals surface area contributed by atoms with Gasteiger partial charge in [0, 0.05) is 24.2 Å². The lowest BCUT2D eigenvalue weighted by Gasteiger charge is -2.16. The Bertz CT molecular complexity index is 846. The highest BCUT2D eigenvalue weighted by Crippen LogP contribution is 2.26. The van der Waals surface area contributed by atoms with Crippen LogP contribution >= 0.6 is 11.3 Å². The van der Waals surface area contributed by atoms with Crippen molar-refractivity contribution >= 4 is 34.1 Å². The second kappa shape index (κ2) is 6.39.